The first-order chi connectivity index (χ1) is 47.2. The van der Waals surface area contributed by atoms with Gasteiger partial charge in [-0.25, -0.2) is 4.79 Å². The highest BCUT2D eigenvalue weighted by molar-refractivity contribution is 5.93. The molecule has 18 atom stereocenters. The van der Waals surface area contributed by atoms with E-state index >= 15 is 9.59 Å². The molecular formula is C82H98N4O12. The summed E-state index contributed by atoms with van der Waals surface area (Å²) in [6.45, 7) is 5.37. The quantitative estimate of drug-likeness (QED) is 0.0655. The van der Waals surface area contributed by atoms with Crippen molar-refractivity contribution >= 4 is 16.9 Å². The Morgan fingerprint density at radius 3 is 2.51 bits per heavy atom. The minimum Gasteiger partial charge on any atom is -0.508 e. The van der Waals surface area contributed by atoms with E-state index < -0.39 is 88.0 Å². The van der Waals surface area contributed by atoms with E-state index in [1.807, 2.05) is 6.92 Å². The number of allylic oxidation sites excluding steroid dienone is 5. The van der Waals surface area contributed by atoms with Gasteiger partial charge in [-0.2, -0.15) is 0 Å². The van der Waals surface area contributed by atoms with Crippen molar-refractivity contribution in [2.75, 3.05) is 13.2 Å². The molecule has 3 aromatic carbocycles. The molecule has 9 aliphatic carbocycles. The summed E-state index contributed by atoms with van der Waals surface area (Å²) in [5.41, 5.74) is 13.6. The van der Waals surface area contributed by atoms with E-state index in [2.05, 4.69) is 78.5 Å². The maximum absolute atomic E-state index is 16.5. The van der Waals surface area contributed by atoms with Crippen LogP contribution in [-0.2, 0) is 29.0 Å². The molecule has 0 radical (unpaired) electrons. The topological polar surface area (TPSA) is 269 Å². The molecule has 5 aliphatic heterocycles. The highest BCUT2D eigenvalue weighted by Crippen LogP contribution is 2.71. The molecule has 6 bridgehead atoms. The van der Waals surface area contributed by atoms with E-state index in [1.54, 1.807) is 18.2 Å². The first-order valence-corrected chi connectivity index (χ1v) is 37.5. The zero-order chi connectivity index (χ0) is 67.3. The van der Waals surface area contributed by atoms with Crippen molar-refractivity contribution in [2.45, 2.75) is 240 Å². The van der Waals surface area contributed by atoms with Gasteiger partial charge in [0.05, 0.1) is 29.5 Å². The highest BCUT2D eigenvalue weighted by atomic mass is 16.6. The van der Waals surface area contributed by atoms with Crippen LogP contribution >= 0.6 is 0 Å². The first-order valence-electron chi connectivity index (χ1n) is 37.5. The van der Waals surface area contributed by atoms with E-state index in [-0.39, 0.29) is 105 Å². The second kappa shape index (κ2) is 22.7. The Morgan fingerprint density at radius 1 is 0.878 bits per heavy atom. The molecule has 6 fully saturated rings. The molecule has 14 aliphatic rings. The Morgan fingerprint density at radius 2 is 1.69 bits per heavy atom. The van der Waals surface area contributed by atoms with Gasteiger partial charge in [-0.1, -0.05) is 74.3 Å². The van der Waals surface area contributed by atoms with Crippen LogP contribution in [0.2, 0.25) is 0 Å². The summed E-state index contributed by atoms with van der Waals surface area (Å²) in [7, 11) is 0. The van der Waals surface area contributed by atoms with E-state index in [9.17, 15) is 35.7 Å². The number of rotatable bonds is 5. The van der Waals surface area contributed by atoms with Gasteiger partial charge in [0.25, 0.3) is 0 Å². The molecule has 4 aromatic rings. The summed E-state index contributed by atoms with van der Waals surface area (Å²) < 4.78 is 22.5. The maximum Gasteiger partial charge on any atom is 0.337 e. The number of esters is 1. The van der Waals surface area contributed by atoms with Gasteiger partial charge in [-0.05, 0) is 250 Å². The van der Waals surface area contributed by atoms with Crippen LogP contribution in [0.5, 0.6) is 17.2 Å². The summed E-state index contributed by atoms with van der Waals surface area (Å²) in [4.78, 5) is 31.6. The molecule has 518 valence electrons. The second-order valence-corrected chi connectivity index (χ2v) is 33.8. The number of nitrogens with two attached hydrogens (primary N) is 1. The zero-order valence-electron chi connectivity index (χ0n) is 57.1. The Bertz CT molecular complexity index is 4300. The number of carbonyl (C=O) groups excluding carboxylic acids is 1. The van der Waals surface area contributed by atoms with Crippen molar-refractivity contribution in [2.24, 2.45) is 51.6 Å². The highest BCUT2D eigenvalue weighted by Gasteiger charge is 2.65. The molecule has 6 heterocycles. The minimum atomic E-state index is -1.63. The van der Waals surface area contributed by atoms with Crippen LogP contribution < -0.4 is 31.8 Å². The lowest BCUT2D eigenvalue weighted by Gasteiger charge is -2.56. The molecule has 0 saturated heterocycles. The first kappa shape index (κ1) is 63.5. The average molecular weight is 1330 g/mol. The van der Waals surface area contributed by atoms with Crippen LogP contribution in [0.3, 0.4) is 0 Å². The number of carbonyl (C=O) groups is 1. The van der Waals surface area contributed by atoms with Crippen LogP contribution in [0.25, 0.3) is 11.0 Å². The van der Waals surface area contributed by atoms with E-state index in [0.29, 0.717) is 62.9 Å². The van der Waals surface area contributed by atoms with Crippen LogP contribution in [0, 0.1) is 45.8 Å². The second-order valence-electron chi connectivity index (χ2n) is 33.8. The third-order valence-corrected chi connectivity index (χ3v) is 29.1. The smallest absolute Gasteiger partial charge is 0.337 e. The van der Waals surface area contributed by atoms with Crippen molar-refractivity contribution in [3.05, 3.63) is 167 Å². The maximum atomic E-state index is 16.5. The number of hydrogen-bond acceptors (Lipinski definition) is 16. The largest absolute Gasteiger partial charge is 0.508 e. The number of benzene rings is 3. The number of aliphatic hydroxyl groups excluding tert-OH is 3. The molecule has 12 N–H and O–H groups in total. The van der Waals surface area contributed by atoms with E-state index in [0.717, 1.165) is 129 Å². The fourth-order valence-corrected chi connectivity index (χ4v) is 25.0. The third-order valence-electron chi connectivity index (χ3n) is 29.1. The lowest BCUT2D eigenvalue weighted by molar-refractivity contribution is -0.173. The lowest BCUT2D eigenvalue weighted by Crippen LogP contribution is -2.60. The predicted octanol–water partition coefficient (Wildman–Crippen LogP) is 11.7. The van der Waals surface area contributed by atoms with Gasteiger partial charge >= 0.3 is 5.97 Å². The fraction of sp³-hybridized carbons (Fsp3) is 0.585. The Balaban J connectivity index is 0.834. The van der Waals surface area contributed by atoms with Crippen LogP contribution in [0.1, 0.15) is 230 Å². The number of dihydropyridines is 2. The number of hydrogen-bond donors (Lipinski definition) is 11. The van der Waals surface area contributed by atoms with Gasteiger partial charge in [-0.15, -0.1) is 0 Å². The average Bonchev–Trinajstić information content (AvgIpc) is 1.24. The van der Waals surface area contributed by atoms with Crippen LogP contribution in [0.15, 0.2) is 121 Å². The van der Waals surface area contributed by atoms with Gasteiger partial charge in [0.1, 0.15) is 64.3 Å². The molecule has 16 nitrogen and oxygen atoms in total. The Labute approximate surface area is 573 Å². The number of ether oxygens (including phenoxy) is 2. The monoisotopic (exact) mass is 1330 g/mol. The van der Waals surface area contributed by atoms with Crippen molar-refractivity contribution in [1.82, 2.24) is 16.0 Å². The van der Waals surface area contributed by atoms with Crippen molar-refractivity contribution in [1.29, 1.82) is 0 Å². The third kappa shape index (κ3) is 9.20. The SMILES string of the molecule is CC=C(C(=O)OC1Cc2c3c(c4oc(CO)cc(=O)c4c2O)C2C4=CCNC(N)=C4C(C4CCC5=C6C=CC(C)NC6NC=C5CC4C1(C)O3)C1(CCC3(CCCC3)C1)Cc1ccc(O)cc1C2CO)C1(O)CC2CC1CC1CC3(CCC4CCCCC4(O)C3)C(O)c3cccc2c31. The van der Waals surface area contributed by atoms with Crippen LogP contribution in [-0.4, -0.2) is 90.0 Å². The molecule has 16 heteroatoms. The molecule has 0 amide bonds. The van der Waals surface area contributed by atoms with Gasteiger partial charge in [0.2, 0.25) is 0 Å². The standard InChI is InChI=1S/C82H98N4O12/c1-4-60(82(95)36-44-28-48(82)29-45-35-80(73(92)56-12-9-11-52(44)64(45)56)24-19-47-10-5-6-23-81(47,94)41-80)76(93)97-63-33-58-70(91)67-62(90)32-50(38-87)96-72(67)68-65-55-20-27-84-74(83)66(55)69(79(26-25-78(40-79)21-7-8-22-78)34-43-14-15-49(89)31-57(43)59(65)39-88)54-18-17-51-46(30-61(54)77(63,3)98-71(58)68)37-85-75-53(51)16-13-42(2)86-75/h4,9,11-16,20,31-32,37,42,44-45,47-48,54,59,61,63,65,69,73,75,84-89,91-92,94-95H,5-8,10,17-19,21-30,33-36,38-41,83H2,1-3H3. The summed E-state index contributed by atoms with van der Waals surface area (Å²) in [6.07, 6.45) is 26.7. The minimum absolute atomic E-state index is 0.00163. The van der Waals surface area contributed by atoms with Gasteiger partial charge in [0.15, 0.2) is 5.43 Å². The summed E-state index contributed by atoms with van der Waals surface area (Å²) >= 11 is 0. The lowest BCUT2D eigenvalue weighted by atomic mass is 9.51. The van der Waals surface area contributed by atoms with E-state index in [4.69, 9.17) is 19.6 Å². The summed E-state index contributed by atoms with van der Waals surface area (Å²) in [5, 5.41) is 98.8. The zero-order valence-corrected chi connectivity index (χ0v) is 57.1. The molecule has 18 rings (SSSR count). The normalized spacial score (nSPS) is 39.2. The fourth-order valence-electron chi connectivity index (χ4n) is 25.0. The van der Waals surface area contributed by atoms with E-state index in [1.165, 1.54) is 22.8 Å². The predicted molar refractivity (Wildman–Crippen MR) is 370 cm³/mol. The summed E-state index contributed by atoms with van der Waals surface area (Å²) in [5.74, 6) is -3.31. The molecule has 3 spiro atoms. The molecule has 98 heavy (non-hydrogen) atoms. The Kier molecular flexibility index (Phi) is 14.7. The van der Waals surface area contributed by atoms with Gasteiger partial charge < -0.3 is 66.0 Å². The number of fused-ring (bicyclic) bond motifs is 15. The van der Waals surface area contributed by atoms with Crippen molar-refractivity contribution < 1.29 is 54.4 Å². The number of aromatic hydroxyl groups is 2. The molecular weight excluding hydrogens is 1230 g/mol. The van der Waals surface area contributed by atoms with Crippen molar-refractivity contribution in [3.63, 3.8) is 0 Å². The molecule has 1 aromatic heterocycles. The van der Waals surface area contributed by atoms with Gasteiger partial charge in [-0.3, -0.25) is 10.1 Å². The van der Waals surface area contributed by atoms with Crippen LogP contribution in [0.4, 0.5) is 0 Å². The summed E-state index contributed by atoms with van der Waals surface area (Å²) in [6, 6.07) is 13.3. The molecule has 18 unspecified atom stereocenters. The number of phenolic OH excluding ortho intramolecular Hbond substituents is 2. The van der Waals surface area contributed by atoms with Gasteiger partial charge in [0, 0.05) is 65.6 Å². The Hall–Kier alpha value is -6.66. The number of aliphatic hydroxyl groups is 5. The number of nitrogens with one attached hydrogen (secondary N) is 3. The van der Waals surface area contributed by atoms with Crippen molar-refractivity contribution in [3.8, 4) is 17.2 Å². The number of phenols is 2. The molecule has 6 saturated carbocycles.